The van der Waals surface area contributed by atoms with Gasteiger partial charge in [0.15, 0.2) is 5.82 Å². The van der Waals surface area contributed by atoms with Crippen LogP contribution < -0.4 is 5.73 Å². The molecule has 0 amide bonds. The molecule has 0 unspecified atom stereocenters. The van der Waals surface area contributed by atoms with Crippen molar-refractivity contribution >= 4 is 0 Å². The van der Waals surface area contributed by atoms with Gasteiger partial charge in [0, 0.05) is 29.4 Å². The van der Waals surface area contributed by atoms with Crippen LogP contribution in [0, 0.1) is 13.8 Å². The lowest BCUT2D eigenvalue weighted by Gasteiger charge is -2.10. The van der Waals surface area contributed by atoms with E-state index in [-0.39, 0.29) is 6.04 Å². The first-order chi connectivity index (χ1) is 9.16. The maximum absolute atomic E-state index is 5.95. The Labute approximate surface area is 113 Å². The number of pyridine rings is 1. The van der Waals surface area contributed by atoms with Crippen LogP contribution in [-0.2, 0) is 0 Å². The predicted octanol–water partition coefficient (Wildman–Crippen LogP) is 2.25. The largest absolute Gasteiger partial charge is 0.324 e. The quantitative estimate of drug-likeness (QED) is 0.836. The van der Waals surface area contributed by atoms with Gasteiger partial charge in [-0.25, -0.2) is 9.67 Å². The molecule has 0 aromatic carbocycles. The number of hydrogen-bond acceptors (Lipinski definition) is 3. The van der Waals surface area contributed by atoms with E-state index in [4.69, 9.17) is 5.73 Å². The van der Waals surface area contributed by atoms with Crippen LogP contribution in [0.1, 0.15) is 29.3 Å². The van der Waals surface area contributed by atoms with E-state index in [0.29, 0.717) is 5.92 Å². The van der Waals surface area contributed by atoms with Gasteiger partial charge < -0.3 is 5.73 Å². The molecule has 2 aromatic heterocycles. The van der Waals surface area contributed by atoms with Gasteiger partial charge in [-0.2, -0.15) is 5.10 Å². The predicted molar refractivity (Wildman–Crippen MR) is 75.3 cm³/mol. The Morgan fingerprint density at radius 2 is 2.11 bits per heavy atom. The third-order valence-electron chi connectivity index (χ3n) is 3.70. The summed E-state index contributed by atoms with van der Waals surface area (Å²) in [6, 6.07) is 6.03. The van der Waals surface area contributed by atoms with Crippen LogP contribution in [0.5, 0.6) is 0 Å². The molecule has 4 heteroatoms. The third-order valence-corrected chi connectivity index (χ3v) is 3.70. The van der Waals surface area contributed by atoms with Gasteiger partial charge in [0.05, 0.1) is 5.69 Å². The average molecular weight is 254 g/mol. The maximum atomic E-state index is 5.95. The Kier molecular flexibility index (Phi) is 2.95. The second kappa shape index (κ2) is 4.63. The van der Waals surface area contributed by atoms with Crippen LogP contribution in [0.2, 0.25) is 0 Å². The zero-order valence-electron chi connectivity index (χ0n) is 11.2. The van der Waals surface area contributed by atoms with Crippen molar-refractivity contribution in [2.45, 2.75) is 32.2 Å². The van der Waals surface area contributed by atoms with E-state index in [9.17, 15) is 0 Å². The van der Waals surface area contributed by atoms with Crippen molar-refractivity contribution < 1.29 is 0 Å². The molecule has 0 saturated heterocycles. The molecular formula is C15H18N4. The molecule has 0 saturated carbocycles. The van der Waals surface area contributed by atoms with Crippen LogP contribution in [-0.4, -0.2) is 20.8 Å². The first-order valence-corrected chi connectivity index (χ1v) is 6.58. The molecule has 2 aromatic rings. The molecule has 19 heavy (non-hydrogen) atoms. The van der Waals surface area contributed by atoms with Crippen molar-refractivity contribution in [3.63, 3.8) is 0 Å². The Morgan fingerprint density at radius 1 is 1.26 bits per heavy atom. The molecule has 0 radical (unpaired) electrons. The average Bonchev–Trinajstić information content (AvgIpc) is 2.95. The minimum atomic E-state index is 0.169. The van der Waals surface area contributed by atoms with Gasteiger partial charge in [0.25, 0.3) is 0 Å². The van der Waals surface area contributed by atoms with Crippen molar-refractivity contribution in [2.75, 3.05) is 0 Å². The topological polar surface area (TPSA) is 56.7 Å². The second-order valence-corrected chi connectivity index (χ2v) is 5.08. The smallest absolute Gasteiger partial charge is 0.153 e. The summed E-state index contributed by atoms with van der Waals surface area (Å²) in [4.78, 5) is 4.36. The molecule has 2 heterocycles. The number of aromatic nitrogens is 3. The SMILES string of the molecule is Cc1nn(-c2ccccn2)c(C)c1[C@H]1C=C[C@@H](N)C1. The fourth-order valence-electron chi connectivity index (χ4n) is 2.83. The van der Waals surface area contributed by atoms with Crippen molar-refractivity contribution in [3.8, 4) is 5.82 Å². The minimum absolute atomic E-state index is 0.169. The molecule has 2 N–H and O–H groups in total. The van der Waals surface area contributed by atoms with Gasteiger partial charge in [0.1, 0.15) is 0 Å². The molecule has 2 atom stereocenters. The maximum Gasteiger partial charge on any atom is 0.153 e. The van der Waals surface area contributed by atoms with Gasteiger partial charge >= 0.3 is 0 Å². The molecule has 3 rings (SSSR count). The Bertz CT molecular complexity index is 613. The van der Waals surface area contributed by atoms with Crippen molar-refractivity contribution in [1.29, 1.82) is 0 Å². The van der Waals surface area contributed by atoms with E-state index in [1.54, 1.807) is 6.20 Å². The number of hydrogen-bond donors (Lipinski definition) is 1. The number of nitrogens with zero attached hydrogens (tertiary/aromatic N) is 3. The van der Waals surface area contributed by atoms with E-state index < -0.39 is 0 Å². The lowest BCUT2D eigenvalue weighted by atomic mass is 9.96. The molecule has 0 fully saturated rings. The summed E-state index contributed by atoms with van der Waals surface area (Å²) >= 11 is 0. The standard InChI is InChI=1S/C15H18N4/c1-10-15(12-6-7-13(16)9-12)11(2)19(18-10)14-5-3-4-8-17-14/h3-8,12-13H,9,16H2,1-2H3/t12-,13+/m0/s1. The molecule has 0 aliphatic heterocycles. The lowest BCUT2D eigenvalue weighted by Crippen LogP contribution is -2.14. The fraction of sp³-hybridized carbons (Fsp3) is 0.333. The van der Waals surface area contributed by atoms with E-state index in [2.05, 4.69) is 36.1 Å². The molecule has 0 spiro atoms. The monoisotopic (exact) mass is 254 g/mol. The van der Waals surface area contributed by atoms with Crippen LogP contribution in [0.3, 0.4) is 0 Å². The van der Waals surface area contributed by atoms with Crippen molar-refractivity contribution in [3.05, 3.63) is 53.5 Å². The van der Waals surface area contributed by atoms with Gasteiger partial charge in [-0.15, -0.1) is 0 Å². The highest BCUT2D eigenvalue weighted by Gasteiger charge is 2.24. The van der Waals surface area contributed by atoms with E-state index in [1.165, 1.54) is 5.56 Å². The zero-order chi connectivity index (χ0) is 13.4. The van der Waals surface area contributed by atoms with Crippen LogP contribution in [0.15, 0.2) is 36.5 Å². The summed E-state index contributed by atoms with van der Waals surface area (Å²) in [5, 5.41) is 4.63. The van der Waals surface area contributed by atoms with Crippen molar-refractivity contribution in [1.82, 2.24) is 14.8 Å². The Morgan fingerprint density at radius 3 is 2.74 bits per heavy atom. The summed E-state index contributed by atoms with van der Waals surface area (Å²) in [7, 11) is 0. The second-order valence-electron chi connectivity index (χ2n) is 5.08. The molecule has 1 aliphatic rings. The Balaban J connectivity index is 2.04. The highest BCUT2D eigenvalue weighted by molar-refractivity contribution is 5.38. The number of aryl methyl sites for hydroxylation is 1. The van der Waals surface area contributed by atoms with E-state index in [0.717, 1.165) is 23.6 Å². The zero-order valence-corrected chi connectivity index (χ0v) is 11.2. The number of allylic oxidation sites excluding steroid dienone is 1. The summed E-state index contributed by atoms with van der Waals surface area (Å²) < 4.78 is 1.92. The van der Waals surface area contributed by atoms with Crippen LogP contribution in [0.25, 0.3) is 5.82 Å². The van der Waals surface area contributed by atoms with E-state index >= 15 is 0 Å². The van der Waals surface area contributed by atoms with Crippen LogP contribution in [0.4, 0.5) is 0 Å². The highest BCUT2D eigenvalue weighted by atomic mass is 15.3. The highest BCUT2D eigenvalue weighted by Crippen LogP contribution is 2.32. The van der Waals surface area contributed by atoms with Gasteiger partial charge in [-0.3, -0.25) is 0 Å². The fourth-order valence-corrected chi connectivity index (χ4v) is 2.83. The lowest BCUT2D eigenvalue weighted by molar-refractivity contribution is 0.703. The molecular weight excluding hydrogens is 236 g/mol. The molecule has 98 valence electrons. The normalized spacial score (nSPS) is 22.1. The number of rotatable bonds is 2. The molecule has 4 nitrogen and oxygen atoms in total. The van der Waals surface area contributed by atoms with Crippen molar-refractivity contribution in [2.24, 2.45) is 5.73 Å². The third kappa shape index (κ3) is 2.08. The first-order valence-electron chi connectivity index (χ1n) is 6.58. The Hall–Kier alpha value is -1.94. The molecule has 1 aliphatic carbocycles. The van der Waals surface area contributed by atoms with E-state index in [1.807, 2.05) is 22.9 Å². The van der Waals surface area contributed by atoms with Crippen LogP contribution >= 0.6 is 0 Å². The summed E-state index contributed by atoms with van der Waals surface area (Å²) in [6.07, 6.45) is 7.04. The number of nitrogens with two attached hydrogens (primary N) is 1. The summed E-state index contributed by atoms with van der Waals surface area (Å²) in [5.41, 5.74) is 9.46. The van der Waals surface area contributed by atoms with Gasteiger partial charge in [-0.1, -0.05) is 18.2 Å². The van der Waals surface area contributed by atoms with Gasteiger partial charge in [-0.05, 0) is 32.4 Å². The molecule has 0 bridgehead atoms. The first kappa shape index (κ1) is 12.1. The van der Waals surface area contributed by atoms with Gasteiger partial charge in [0.2, 0.25) is 0 Å². The summed E-state index contributed by atoms with van der Waals surface area (Å²) in [6.45, 7) is 4.15. The summed E-state index contributed by atoms with van der Waals surface area (Å²) in [5.74, 6) is 1.24. The minimum Gasteiger partial charge on any atom is -0.324 e.